The van der Waals surface area contributed by atoms with Crippen molar-refractivity contribution < 1.29 is 25.2 Å². The summed E-state index contributed by atoms with van der Waals surface area (Å²) in [6, 6.07) is 0. The van der Waals surface area contributed by atoms with Crippen LogP contribution in [0.1, 0.15) is 0 Å². The van der Waals surface area contributed by atoms with Crippen LogP contribution >= 0.6 is 0 Å². The molecule has 0 radical (unpaired) electrons. The number of aldehydes is 1. The van der Waals surface area contributed by atoms with Crippen molar-refractivity contribution >= 4 is 6.29 Å². The minimum absolute atomic E-state index is 0.0869. The zero-order valence-corrected chi connectivity index (χ0v) is 5.21. The minimum Gasteiger partial charge on any atom is -0.394 e. The van der Waals surface area contributed by atoms with Gasteiger partial charge in [-0.05, 0) is 0 Å². The third-order valence-electron chi connectivity index (χ3n) is 1.07. The van der Waals surface area contributed by atoms with E-state index in [0.717, 1.165) is 0 Å². The quantitative estimate of drug-likeness (QED) is 0.260. The Bertz CT molecular complexity index is 104. The fourth-order valence-corrected chi connectivity index (χ4v) is 0.416. The predicted octanol–water partition coefficient (Wildman–Crippen LogP) is -2.74. The van der Waals surface area contributed by atoms with E-state index in [2.05, 4.69) is 0 Å². The summed E-state index contributed by atoms with van der Waals surface area (Å²) in [7, 11) is 0. The van der Waals surface area contributed by atoms with Gasteiger partial charge in [-0.2, -0.15) is 0 Å². The molecule has 0 unspecified atom stereocenters. The van der Waals surface area contributed by atoms with Crippen LogP contribution in [0.4, 0.5) is 0 Å². The van der Waals surface area contributed by atoms with E-state index >= 15 is 0 Å². The summed E-state index contributed by atoms with van der Waals surface area (Å²) in [5, 5.41) is 34.1. The first-order chi connectivity index (χ1) is 4.63. The lowest BCUT2D eigenvalue weighted by Crippen LogP contribution is -2.40. The first-order valence-electron chi connectivity index (χ1n) is 2.73. The lowest BCUT2D eigenvalue weighted by Gasteiger charge is -2.16. The summed E-state index contributed by atoms with van der Waals surface area (Å²) in [6.07, 6.45) is -4.63. The van der Waals surface area contributed by atoms with Crippen LogP contribution in [0.3, 0.4) is 0 Å². The van der Waals surface area contributed by atoms with Gasteiger partial charge in [-0.15, -0.1) is 0 Å². The molecule has 0 amide bonds. The first-order valence-corrected chi connectivity index (χ1v) is 2.73. The highest BCUT2D eigenvalue weighted by Crippen LogP contribution is 1.96. The van der Waals surface area contributed by atoms with E-state index in [1.807, 2.05) is 0 Å². The Kier molecular flexibility index (Phi) is 4.13. The van der Waals surface area contributed by atoms with Gasteiger partial charge < -0.3 is 25.2 Å². The number of aliphatic hydroxyl groups excluding tert-OH is 4. The molecule has 0 aliphatic carbocycles. The summed E-state index contributed by atoms with van der Waals surface area (Å²) in [5.74, 6) is 0. The predicted molar refractivity (Wildman–Crippen MR) is 31.2 cm³/mol. The molecule has 5 heteroatoms. The van der Waals surface area contributed by atoms with Crippen LogP contribution in [-0.4, -0.2) is 51.6 Å². The summed E-state index contributed by atoms with van der Waals surface area (Å²) in [4.78, 5) is 9.76. The van der Waals surface area contributed by atoms with Gasteiger partial charge in [0.15, 0.2) is 6.29 Å². The van der Waals surface area contributed by atoms with E-state index < -0.39 is 24.9 Å². The molecule has 0 aliphatic rings. The van der Waals surface area contributed by atoms with Gasteiger partial charge in [0.2, 0.25) is 0 Å². The van der Waals surface area contributed by atoms with Crippen LogP contribution in [0.25, 0.3) is 0 Å². The van der Waals surface area contributed by atoms with Crippen molar-refractivity contribution in [2.24, 2.45) is 0 Å². The third kappa shape index (κ3) is 2.40. The Labute approximate surface area is 57.5 Å². The standard InChI is InChI=1S/C5H10O5/c6-1-3(8)5(10)4(9)2-7/h1,3-5,7-10H,2H2/t3-,4+,5-/m0/s1/i2+1,3+1,4+1,5+1. The van der Waals surface area contributed by atoms with E-state index in [1.165, 1.54) is 0 Å². The maximum atomic E-state index is 9.76. The van der Waals surface area contributed by atoms with Crippen LogP contribution in [0.5, 0.6) is 0 Å². The molecule has 0 bridgehead atoms. The molecular formula is C5H10O5. The normalized spacial score (nSPS) is 19.6. The van der Waals surface area contributed by atoms with Crippen LogP contribution in [-0.2, 0) is 4.79 Å². The summed E-state index contributed by atoms with van der Waals surface area (Å²) >= 11 is 0. The molecule has 4 N–H and O–H groups in total. The molecule has 10 heavy (non-hydrogen) atoms. The minimum atomic E-state index is -1.64. The van der Waals surface area contributed by atoms with Crippen LogP contribution in [0, 0.1) is 0 Å². The zero-order chi connectivity index (χ0) is 8.15. The Morgan fingerprint density at radius 2 is 1.80 bits per heavy atom. The molecule has 0 aromatic rings. The fraction of sp³-hybridized carbons (Fsp3) is 0.800. The zero-order valence-electron chi connectivity index (χ0n) is 5.21. The average Bonchev–Trinajstić information content (AvgIpc) is 2.00. The van der Waals surface area contributed by atoms with Gasteiger partial charge >= 0.3 is 0 Å². The van der Waals surface area contributed by atoms with Gasteiger partial charge in [0.05, 0.1) is 6.61 Å². The molecule has 5 nitrogen and oxygen atoms in total. The van der Waals surface area contributed by atoms with E-state index in [9.17, 15) is 4.79 Å². The topological polar surface area (TPSA) is 98.0 Å². The summed E-state index contributed by atoms with van der Waals surface area (Å²) in [5.41, 5.74) is 0. The molecule has 0 aromatic carbocycles. The van der Waals surface area contributed by atoms with E-state index in [1.54, 1.807) is 0 Å². The second kappa shape index (κ2) is 4.35. The van der Waals surface area contributed by atoms with E-state index in [4.69, 9.17) is 20.4 Å². The molecular weight excluding hydrogens is 144 g/mol. The molecule has 0 saturated carbocycles. The second-order valence-electron chi connectivity index (χ2n) is 1.87. The molecule has 0 fully saturated rings. The molecule has 0 aromatic heterocycles. The molecule has 0 spiro atoms. The van der Waals surface area contributed by atoms with Gasteiger partial charge in [0.1, 0.15) is 18.3 Å². The van der Waals surface area contributed by atoms with Crippen molar-refractivity contribution in [3.05, 3.63) is 0 Å². The molecule has 0 rings (SSSR count). The highest BCUT2D eigenvalue weighted by molar-refractivity contribution is 5.56. The number of rotatable bonds is 4. The van der Waals surface area contributed by atoms with Gasteiger partial charge in [-0.3, -0.25) is 0 Å². The van der Waals surface area contributed by atoms with Crippen molar-refractivity contribution in [3.63, 3.8) is 0 Å². The lowest BCUT2D eigenvalue weighted by atomic mass is 10.9. The highest BCUT2D eigenvalue weighted by Gasteiger charge is 2.22. The van der Waals surface area contributed by atoms with Crippen LogP contribution < -0.4 is 0 Å². The van der Waals surface area contributed by atoms with Crippen molar-refractivity contribution in [1.82, 2.24) is 0 Å². The SMILES string of the molecule is O=C[13C@H](O)[13C@H](O)[13C@H](O)[13CH2]O. The maximum absolute atomic E-state index is 9.76. The fourth-order valence-electron chi connectivity index (χ4n) is 0.416. The van der Waals surface area contributed by atoms with E-state index in [0.29, 0.717) is 0 Å². The molecule has 0 aliphatic heterocycles. The van der Waals surface area contributed by atoms with Crippen LogP contribution in [0.15, 0.2) is 0 Å². The Balaban J connectivity index is 3.80. The van der Waals surface area contributed by atoms with Gasteiger partial charge in [-0.25, -0.2) is 0 Å². The van der Waals surface area contributed by atoms with Crippen molar-refractivity contribution in [3.8, 4) is 0 Å². The summed E-state index contributed by atoms with van der Waals surface area (Å²) in [6.45, 7) is -0.688. The largest absolute Gasteiger partial charge is 0.394 e. The number of aliphatic hydroxyl groups is 4. The molecule has 3 atom stereocenters. The molecule has 60 valence electrons. The van der Waals surface area contributed by atoms with Gasteiger partial charge in [0, 0.05) is 0 Å². The van der Waals surface area contributed by atoms with Crippen molar-refractivity contribution in [2.75, 3.05) is 6.61 Å². The van der Waals surface area contributed by atoms with E-state index in [-0.39, 0.29) is 6.29 Å². The average molecular weight is 154 g/mol. The lowest BCUT2D eigenvalue weighted by molar-refractivity contribution is -0.127. The summed E-state index contributed by atoms with van der Waals surface area (Å²) < 4.78 is 0. The second-order valence-corrected chi connectivity index (χ2v) is 1.87. The molecule has 0 saturated heterocycles. The number of hydrogen-bond donors (Lipinski definition) is 4. The highest BCUT2D eigenvalue weighted by atomic mass is 16.5. The number of carbonyl (C=O) groups excluding carboxylic acids is 1. The molecule has 0 heterocycles. The Hall–Kier alpha value is -0.490. The maximum Gasteiger partial charge on any atom is 0.151 e. The van der Waals surface area contributed by atoms with Gasteiger partial charge in [0.25, 0.3) is 0 Å². The Morgan fingerprint density at radius 3 is 2.10 bits per heavy atom. The number of carbonyl (C=O) groups is 1. The first kappa shape index (κ1) is 9.51. The van der Waals surface area contributed by atoms with Crippen molar-refractivity contribution in [1.29, 1.82) is 0 Å². The van der Waals surface area contributed by atoms with Crippen molar-refractivity contribution in [2.45, 2.75) is 18.3 Å². The Morgan fingerprint density at radius 1 is 1.30 bits per heavy atom. The third-order valence-corrected chi connectivity index (χ3v) is 1.07. The monoisotopic (exact) mass is 154 g/mol. The van der Waals surface area contributed by atoms with Gasteiger partial charge in [-0.1, -0.05) is 0 Å². The smallest absolute Gasteiger partial charge is 0.151 e. The number of hydrogen-bond acceptors (Lipinski definition) is 5. The van der Waals surface area contributed by atoms with Crippen LogP contribution in [0.2, 0.25) is 0 Å².